The number of H-pyrrole nitrogens is 1. The number of likely N-dealkylation sites (tertiary alicyclic amines) is 1. The average molecular weight is 502 g/mol. The highest BCUT2D eigenvalue weighted by Crippen LogP contribution is 2.39. The maximum absolute atomic E-state index is 13.0. The van der Waals surface area contributed by atoms with Gasteiger partial charge in [-0.2, -0.15) is 0 Å². The van der Waals surface area contributed by atoms with E-state index in [-0.39, 0.29) is 23.1 Å². The van der Waals surface area contributed by atoms with Gasteiger partial charge in [0.1, 0.15) is 5.75 Å². The van der Waals surface area contributed by atoms with Gasteiger partial charge in [-0.05, 0) is 56.0 Å². The van der Waals surface area contributed by atoms with Crippen molar-refractivity contribution in [1.29, 1.82) is 0 Å². The van der Waals surface area contributed by atoms with Crippen molar-refractivity contribution in [2.24, 2.45) is 0 Å². The Morgan fingerprint density at radius 1 is 1.27 bits per heavy atom. The molecule has 3 heterocycles. The number of aryl methyl sites for hydroxylation is 1. The minimum absolute atomic E-state index is 0.0515. The number of carbonyl (C=O) groups is 1. The van der Waals surface area contributed by atoms with Crippen LogP contribution in [0.1, 0.15) is 52.9 Å². The van der Waals surface area contributed by atoms with E-state index in [9.17, 15) is 14.7 Å². The summed E-state index contributed by atoms with van der Waals surface area (Å²) in [5.74, 6) is -0.302. The normalized spacial score (nSPS) is 18.4. The number of carboxylic acid groups (broad SMARTS) is 1. The Labute approximate surface area is 214 Å². The summed E-state index contributed by atoms with van der Waals surface area (Å²) in [5.41, 5.74) is 4.39. The molecule has 0 aliphatic carbocycles. The second-order valence-corrected chi connectivity index (χ2v) is 9.46. The summed E-state index contributed by atoms with van der Waals surface area (Å²) in [5, 5.41) is 11.0. The number of carboxylic acids is 1. The molecule has 8 nitrogen and oxygen atoms in total. The summed E-state index contributed by atoms with van der Waals surface area (Å²) in [7, 11) is 1.63. The molecule has 5 rings (SSSR count). The minimum atomic E-state index is -0.979. The van der Waals surface area contributed by atoms with Crippen molar-refractivity contribution >= 4 is 27.8 Å². The van der Waals surface area contributed by atoms with Crippen LogP contribution in [-0.2, 0) is 11.3 Å². The Morgan fingerprint density at radius 3 is 2.86 bits per heavy atom. The summed E-state index contributed by atoms with van der Waals surface area (Å²) in [6.07, 6.45) is 5.02. The Hall–Kier alpha value is -3.75. The molecule has 8 heteroatoms. The van der Waals surface area contributed by atoms with Crippen LogP contribution in [-0.4, -0.2) is 52.3 Å². The van der Waals surface area contributed by atoms with E-state index in [0.29, 0.717) is 35.2 Å². The summed E-state index contributed by atoms with van der Waals surface area (Å²) in [4.78, 5) is 35.1. The quantitative estimate of drug-likeness (QED) is 0.374. The predicted molar refractivity (Wildman–Crippen MR) is 142 cm³/mol. The van der Waals surface area contributed by atoms with Crippen molar-refractivity contribution in [3.8, 4) is 5.75 Å². The van der Waals surface area contributed by atoms with Gasteiger partial charge in [0, 0.05) is 55.1 Å². The number of aromatic nitrogens is 2. The first kappa shape index (κ1) is 24.9. The van der Waals surface area contributed by atoms with E-state index >= 15 is 0 Å². The van der Waals surface area contributed by atoms with Gasteiger partial charge < -0.3 is 19.6 Å². The highest BCUT2D eigenvalue weighted by Gasteiger charge is 2.33. The average Bonchev–Trinajstić information content (AvgIpc) is 2.90. The van der Waals surface area contributed by atoms with Crippen LogP contribution in [0, 0.1) is 6.92 Å². The fraction of sp³-hybridized carbons (Fsp3) is 0.345. The Kier molecular flexibility index (Phi) is 6.95. The van der Waals surface area contributed by atoms with Crippen LogP contribution in [0.5, 0.6) is 5.75 Å². The number of rotatable bonds is 7. The van der Waals surface area contributed by atoms with Gasteiger partial charge in [0.2, 0.25) is 0 Å². The number of hydrogen-bond donors (Lipinski definition) is 2. The molecule has 0 unspecified atom stereocenters. The number of nitrogens with zero attached hydrogens (tertiary/aromatic N) is 2. The Morgan fingerprint density at radius 2 is 2.11 bits per heavy atom. The number of fused-ring (bicyclic) bond motifs is 2. The zero-order chi connectivity index (χ0) is 26.1. The van der Waals surface area contributed by atoms with E-state index in [0.717, 1.165) is 41.6 Å². The first-order valence-corrected chi connectivity index (χ1v) is 12.6. The zero-order valence-electron chi connectivity index (χ0n) is 21.3. The summed E-state index contributed by atoms with van der Waals surface area (Å²) >= 11 is 0. The molecular weight excluding hydrogens is 470 g/mol. The number of methoxy groups -OCH3 is 1. The lowest BCUT2D eigenvalue weighted by atomic mass is 9.89. The molecule has 0 bridgehead atoms. The minimum Gasteiger partial charge on any atom is -0.496 e. The van der Waals surface area contributed by atoms with Gasteiger partial charge in [-0.1, -0.05) is 12.1 Å². The highest BCUT2D eigenvalue weighted by atomic mass is 16.5. The lowest BCUT2D eigenvalue weighted by Crippen LogP contribution is -2.39. The van der Waals surface area contributed by atoms with Crippen LogP contribution in [0.4, 0.5) is 0 Å². The molecule has 2 aromatic heterocycles. The highest BCUT2D eigenvalue weighted by molar-refractivity contribution is 6.03. The van der Waals surface area contributed by atoms with Gasteiger partial charge in [0.25, 0.3) is 0 Å². The molecule has 0 spiro atoms. The van der Waals surface area contributed by atoms with Gasteiger partial charge in [-0.15, -0.1) is 0 Å². The van der Waals surface area contributed by atoms with E-state index < -0.39 is 5.97 Å². The van der Waals surface area contributed by atoms with Crippen LogP contribution < -0.4 is 10.2 Å². The molecule has 4 aromatic rings. The van der Waals surface area contributed by atoms with Crippen molar-refractivity contribution in [2.45, 2.75) is 45.4 Å². The van der Waals surface area contributed by atoms with E-state index in [1.165, 1.54) is 0 Å². The Balaban J connectivity index is 1.65. The van der Waals surface area contributed by atoms with Crippen LogP contribution in [0.3, 0.4) is 0 Å². The second-order valence-electron chi connectivity index (χ2n) is 9.46. The van der Waals surface area contributed by atoms with Crippen LogP contribution >= 0.6 is 0 Å². The Bertz CT molecular complexity index is 1530. The van der Waals surface area contributed by atoms with Crippen LogP contribution in [0.15, 0.2) is 53.6 Å². The lowest BCUT2D eigenvalue weighted by molar-refractivity contribution is -0.0135. The van der Waals surface area contributed by atoms with Crippen molar-refractivity contribution in [3.05, 3.63) is 81.3 Å². The maximum atomic E-state index is 13.0. The van der Waals surface area contributed by atoms with Crippen molar-refractivity contribution in [3.63, 3.8) is 0 Å². The standard InChI is InChI=1S/C29H31N3O5/c1-4-37-18-10-13-32(16-22-25(36-3)14-17(2)27-26(22)24(33)9-12-31-27)23(15-18)21-8-7-20(29(34)35)19-6-5-11-30-28(19)21/h5-9,11-12,14,18,23H,4,10,13,15-16H2,1-3H3,(H,31,33)(H,34,35)/t18-,23-/m0/s1. The second kappa shape index (κ2) is 10.3. The SMILES string of the molecule is CCO[C@H]1CCN(Cc2c(OC)cc(C)c3[nH]ccc(=O)c23)[C@H](c2ccc(C(=O)O)c3cccnc23)C1. The van der Waals surface area contributed by atoms with E-state index in [1.54, 1.807) is 43.8 Å². The van der Waals surface area contributed by atoms with E-state index in [2.05, 4.69) is 14.9 Å². The number of ether oxygens (including phenoxy) is 2. The van der Waals surface area contributed by atoms with Gasteiger partial charge in [-0.3, -0.25) is 14.7 Å². The molecule has 192 valence electrons. The van der Waals surface area contributed by atoms with Gasteiger partial charge in [0.15, 0.2) is 5.43 Å². The topological polar surface area (TPSA) is 105 Å². The van der Waals surface area contributed by atoms with Gasteiger partial charge in [0.05, 0.1) is 35.2 Å². The molecule has 2 atom stereocenters. The zero-order valence-corrected chi connectivity index (χ0v) is 21.3. The number of aromatic carboxylic acids is 1. The summed E-state index contributed by atoms with van der Waals surface area (Å²) in [6, 6.07) is 10.5. The number of hydrogen-bond acceptors (Lipinski definition) is 6. The summed E-state index contributed by atoms with van der Waals surface area (Å²) in [6.45, 7) is 5.82. The molecule has 0 saturated carbocycles. The third-order valence-corrected chi connectivity index (χ3v) is 7.34. The van der Waals surface area contributed by atoms with Gasteiger partial charge in [-0.25, -0.2) is 4.79 Å². The fourth-order valence-electron chi connectivity index (χ4n) is 5.64. The van der Waals surface area contributed by atoms with Crippen molar-refractivity contribution in [2.75, 3.05) is 20.3 Å². The third-order valence-electron chi connectivity index (χ3n) is 7.34. The third kappa shape index (κ3) is 4.58. The molecule has 1 fully saturated rings. The van der Waals surface area contributed by atoms with E-state index in [4.69, 9.17) is 9.47 Å². The van der Waals surface area contributed by atoms with Crippen molar-refractivity contribution in [1.82, 2.24) is 14.9 Å². The maximum Gasteiger partial charge on any atom is 0.336 e. The summed E-state index contributed by atoms with van der Waals surface area (Å²) < 4.78 is 11.8. The smallest absolute Gasteiger partial charge is 0.336 e. The molecular formula is C29H31N3O5. The monoisotopic (exact) mass is 501 g/mol. The number of benzene rings is 2. The molecule has 2 aromatic carbocycles. The van der Waals surface area contributed by atoms with E-state index in [1.807, 2.05) is 26.0 Å². The lowest BCUT2D eigenvalue weighted by Gasteiger charge is -2.40. The van der Waals surface area contributed by atoms with Gasteiger partial charge >= 0.3 is 5.97 Å². The fourth-order valence-corrected chi connectivity index (χ4v) is 5.64. The number of pyridine rings is 2. The number of aromatic amines is 1. The number of nitrogens with one attached hydrogen (secondary N) is 1. The molecule has 1 aliphatic rings. The predicted octanol–water partition coefficient (Wildman–Crippen LogP) is 4.83. The first-order chi connectivity index (χ1) is 17.9. The molecule has 0 radical (unpaired) electrons. The molecule has 2 N–H and O–H groups in total. The van der Waals surface area contributed by atoms with Crippen LogP contribution in [0.25, 0.3) is 21.8 Å². The largest absolute Gasteiger partial charge is 0.496 e. The first-order valence-electron chi connectivity index (χ1n) is 12.6. The molecule has 0 amide bonds. The number of piperidine rings is 1. The van der Waals surface area contributed by atoms with Crippen LogP contribution in [0.2, 0.25) is 0 Å². The molecule has 1 aliphatic heterocycles. The molecule has 37 heavy (non-hydrogen) atoms. The van der Waals surface area contributed by atoms with Crippen molar-refractivity contribution < 1.29 is 19.4 Å². The molecule has 1 saturated heterocycles.